The van der Waals surface area contributed by atoms with Gasteiger partial charge in [0.1, 0.15) is 16.9 Å². The molecule has 5 rings (SSSR count). The van der Waals surface area contributed by atoms with Crippen molar-refractivity contribution in [3.05, 3.63) is 94.7 Å². The highest BCUT2D eigenvalue weighted by Gasteiger charge is 2.30. The number of rotatable bonds is 8. The van der Waals surface area contributed by atoms with Crippen LogP contribution in [-0.4, -0.2) is 40.4 Å². The molecule has 2 atom stereocenters. The van der Waals surface area contributed by atoms with E-state index in [-0.39, 0.29) is 26.5 Å². The predicted molar refractivity (Wildman–Crippen MR) is 148 cm³/mol. The Hall–Kier alpha value is -3.22. The van der Waals surface area contributed by atoms with Crippen LogP contribution in [0.1, 0.15) is 53.3 Å². The minimum Gasteiger partial charge on any atom is -0.392 e. The maximum Gasteiger partial charge on any atom is 0.268 e. The molecule has 0 amide bonds. The van der Waals surface area contributed by atoms with Crippen molar-refractivity contribution in [2.75, 3.05) is 6.61 Å². The molecule has 1 fully saturated rings. The zero-order valence-corrected chi connectivity index (χ0v) is 22.8. The molecule has 0 radical (unpaired) electrons. The van der Waals surface area contributed by atoms with Crippen molar-refractivity contribution in [3.8, 4) is 0 Å². The van der Waals surface area contributed by atoms with Crippen molar-refractivity contribution in [2.45, 2.75) is 50.1 Å². The quantitative estimate of drug-likeness (QED) is 0.299. The lowest BCUT2D eigenvalue weighted by atomic mass is 9.93. The van der Waals surface area contributed by atoms with Crippen LogP contribution in [0.25, 0.3) is 10.9 Å². The third-order valence-electron chi connectivity index (χ3n) is 6.82. The van der Waals surface area contributed by atoms with Crippen LogP contribution in [0, 0.1) is 12.7 Å². The molecule has 39 heavy (non-hydrogen) atoms. The first-order valence-electron chi connectivity index (χ1n) is 12.5. The summed E-state index contributed by atoms with van der Waals surface area (Å²) in [6.07, 6.45) is 3.66. The van der Waals surface area contributed by atoms with E-state index in [2.05, 4.69) is 4.98 Å². The molecule has 1 aliphatic rings. The average molecular weight is 570 g/mol. The number of hydrogen-bond donors (Lipinski definition) is 2. The smallest absolute Gasteiger partial charge is 0.268 e. The summed E-state index contributed by atoms with van der Waals surface area (Å²) in [6, 6.07) is 12.4. The summed E-state index contributed by atoms with van der Waals surface area (Å²) in [7, 11) is -4.02. The molecule has 0 bridgehead atoms. The monoisotopic (exact) mass is 569 g/mol. The van der Waals surface area contributed by atoms with Gasteiger partial charge in [0.15, 0.2) is 6.29 Å². The van der Waals surface area contributed by atoms with Gasteiger partial charge in [-0.1, -0.05) is 29.9 Å². The van der Waals surface area contributed by atoms with E-state index in [0.717, 1.165) is 28.4 Å². The molecule has 2 aromatic heterocycles. The van der Waals surface area contributed by atoms with E-state index in [0.29, 0.717) is 29.7 Å². The lowest BCUT2D eigenvalue weighted by molar-refractivity contribution is -0.182. The number of pyridine rings is 1. The minimum absolute atomic E-state index is 0.0679. The van der Waals surface area contributed by atoms with Crippen molar-refractivity contribution < 1.29 is 27.4 Å². The van der Waals surface area contributed by atoms with Gasteiger partial charge < -0.3 is 20.3 Å². The number of ether oxygens (including phenoxy) is 2. The Balaban J connectivity index is 1.68. The van der Waals surface area contributed by atoms with Gasteiger partial charge in [0, 0.05) is 30.0 Å². The Morgan fingerprint density at radius 1 is 1.26 bits per heavy atom. The van der Waals surface area contributed by atoms with Crippen LogP contribution in [0.2, 0.25) is 0 Å². The second-order valence-electron chi connectivity index (χ2n) is 9.42. The molecule has 4 aromatic rings. The average Bonchev–Trinajstić information content (AvgIpc) is 3.36. The van der Waals surface area contributed by atoms with Crippen LogP contribution in [0.3, 0.4) is 0 Å². The summed E-state index contributed by atoms with van der Waals surface area (Å²) in [6.45, 7) is 1.81. The topological polar surface area (TPSA) is 117 Å². The molecule has 8 nitrogen and oxygen atoms in total. The van der Waals surface area contributed by atoms with Crippen LogP contribution in [0.5, 0.6) is 0 Å². The number of aliphatic hydroxyl groups is 1. The Kier molecular flexibility index (Phi) is 7.79. The summed E-state index contributed by atoms with van der Waals surface area (Å²) < 4.78 is 56.1. The molecule has 0 spiro atoms. The zero-order chi connectivity index (χ0) is 27.7. The van der Waals surface area contributed by atoms with Gasteiger partial charge in [-0.05, 0) is 73.7 Å². The fourth-order valence-electron chi connectivity index (χ4n) is 4.83. The van der Waals surface area contributed by atoms with Crippen LogP contribution in [-0.2, 0) is 26.1 Å². The van der Waals surface area contributed by atoms with Gasteiger partial charge >= 0.3 is 0 Å². The third kappa shape index (κ3) is 5.32. The highest BCUT2D eigenvalue weighted by Crippen LogP contribution is 2.38. The van der Waals surface area contributed by atoms with Gasteiger partial charge in [-0.25, -0.2) is 16.8 Å². The molecular weight excluding hydrogens is 541 g/mol. The summed E-state index contributed by atoms with van der Waals surface area (Å²) >= 11 is 5.08. The first-order chi connectivity index (χ1) is 18.7. The maximum absolute atomic E-state index is 16.1. The van der Waals surface area contributed by atoms with Gasteiger partial charge in [-0.2, -0.15) is 0 Å². The number of nitrogens with zero attached hydrogens (tertiary/aromatic N) is 2. The maximum atomic E-state index is 16.1. The zero-order valence-electron chi connectivity index (χ0n) is 21.2. The van der Waals surface area contributed by atoms with Crippen molar-refractivity contribution in [2.24, 2.45) is 5.73 Å². The number of hydrogen-bond acceptors (Lipinski definition) is 7. The van der Waals surface area contributed by atoms with E-state index in [1.165, 1.54) is 24.5 Å². The van der Waals surface area contributed by atoms with Crippen LogP contribution < -0.4 is 5.73 Å². The van der Waals surface area contributed by atoms with Crippen molar-refractivity contribution in [1.29, 1.82) is 0 Å². The van der Waals surface area contributed by atoms with E-state index < -0.39 is 34.8 Å². The normalized spacial score (nSPS) is 16.8. The number of halogens is 1. The molecule has 3 N–H and O–H groups in total. The van der Waals surface area contributed by atoms with Crippen LogP contribution >= 0.6 is 12.2 Å². The SMILES string of the molecule is Cc1ccc(S(=O)(=O)n2ccc3c(CO)c(C(OC4CCCCO4)c4ccnc(C(N)=S)c4)c(F)cc32)cc1. The Bertz CT molecular complexity index is 1630. The minimum atomic E-state index is -4.02. The molecule has 11 heteroatoms. The van der Waals surface area contributed by atoms with Gasteiger partial charge in [-0.15, -0.1) is 0 Å². The summed E-state index contributed by atoms with van der Waals surface area (Å²) in [4.78, 5) is 4.31. The summed E-state index contributed by atoms with van der Waals surface area (Å²) in [5.41, 5.74) is 7.94. The van der Waals surface area contributed by atoms with E-state index in [4.69, 9.17) is 27.4 Å². The highest BCUT2D eigenvalue weighted by molar-refractivity contribution is 7.90. The number of aryl methyl sites for hydroxylation is 1. The molecule has 1 saturated heterocycles. The van der Waals surface area contributed by atoms with Gasteiger partial charge in [0.05, 0.1) is 22.7 Å². The fourth-order valence-corrected chi connectivity index (χ4v) is 6.28. The van der Waals surface area contributed by atoms with Crippen molar-refractivity contribution in [3.63, 3.8) is 0 Å². The number of thiocarbonyl (C=S) groups is 1. The highest BCUT2D eigenvalue weighted by atomic mass is 32.2. The molecule has 2 unspecified atom stereocenters. The Morgan fingerprint density at radius 3 is 2.69 bits per heavy atom. The van der Waals surface area contributed by atoms with E-state index in [1.807, 2.05) is 6.92 Å². The van der Waals surface area contributed by atoms with E-state index in [9.17, 15) is 13.5 Å². The summed E-state index contributed by atoms with van der Waals surface area (Å²) in [5.74, 6) is -0.736. The summed E-state index contributed by atoms with van der Waals surface area (Å²) in [5, 5.41) is 10.9. The molecule has 0 aliphatic carbocycles. The number of fused-ring (bicyclic) bond motifs is 1. The number of aromatic nitrogens is 2. The standard InChI is InChI=1S/C28H28FN3O5S2/c1-17-5-7-19(8-6-17)39(34,35)32-12-10-20-21(16-33)26(22(29)15-24(20)32)27(37-25-4-2-3-13-36-25)18-9-11-31-23(14-18)28(30)38/h5-12,14-15,25,27,33H,2-4,13,16H2,1H3,(H2,30,38). The number of aliphatic hydroxyl groups excluding tert-OH is 1. The lowest BCUT2D eigenvalue weighted by Crippen LogP contribution is -2.26. The Morgan fingerprint density at radius 2 is 2.03 bits per heavy atom. The second-order valence-corrected chi connectivity index (χ2v) is 11.7. The molecule has 0 saturated carbocycles. The van der Waals surface area contributed by atoms with Crippen molar-refractivity contribution >= 4 is 38.1 Å². The predicted octanol–water partition coefficient (Wildman–Crippen LogP) is 4.48. The van der Waals surface area contributed by atoms with Gasteiger partial charge in [-0.3, -0.25) is 4.98 Å². The lowest BCUT2D eigenvalue weighted by Gasteiger charge is -2.30. The number of benzene rings is 2. The molecular formula is C28H28FN3O5S2. The van der Waals surface area contributed by atoms with Crippen LogP contribution in [0.15, 0.2) is 65.8 Å². The van der Waals surface area contributed by atoms with Crippen molar-refractivity contribution in [1.82, 2.24) is 8.96 Å². The number of nitrogens with two attached hydrogens (primary N) is 1. The third-order valence-corrected chi connectivity index (χ3v) is 8.74. The van der Waals surface area contributed by atoms with Gasteiger partial charge in [0.2, 0.25) is 0 Å². The van der Waals surface area contributed by atoms with E-state index >= 15 is 4.39 Å². The first-order valence-corrected chi connectivity index (χ1v) is 14.3. The molecule has 1 aliphatic heterocycles. The first kappa shape index (κ1) is 27.4. The Labute approximate surface area is 231 Å². The fraction of sp³-hybridized carbons (Fsp3) is 0.286. The molecule has 204 valence electrons. The van der Waals surface area contributed by atoms with E-state index in [1.54, 1.807) is 30.3 Å². The molecule has 3 heterocycles. The molecule has 2 aromatic carbocycles. The van der Waals surface area contributed by atoms with Gasteiger partial charge in [0.25, 0.3) is 10.0 Å². The largest absolute Gasteiger partial charge is 0.392 e. The second kappa shape index (κ2) is 11.1. The van der Waals surface area contributed by atoms with Crippen LogP contribution in [0.4, 0.5) is 4.39 Å².